The molecule has 0 saturated carbocycles. The Balaban J connectivity index is 2.33. The van der Waals surface area contributed by atoms with Crippen molar-refractivity contribution in [2.24, 2.45) is 0 Å². The molecule has 0 aliphatic carbocycles. The van der Waals surface area contributed by atoms with Crippen molar-refractivity contribution in [2.45, 2.75) is 20.8 Å². The molecule has 0 bridgehead atoms. The van der Waals surface area contributed by atoms with E-state index in [1.807, 2.05) is 19.1 Å². The van der Waals surface area contributed by atoms with E-state index in [0.29, 0.717) is 6.61 Å². The van der Waals surface area contributed by atoms with E-state index in [1.54, 1.807) is 0 Å². The lowest BCUT2D eigenvalue weighted by atomic mass is 9.99. The molecule has 2 aromatic carbocycles. The lowest BCUT2D eigenvalue weighted by Crippen LogP contribution is -1.91. The molecule has 88 valence electrons. The molecule has 0 aromatic heterocycles. The van der Waals surface area contributed by atoms with E-state index in [2.05, 4.69) is 44.2 Å². The van der Waals surface area contributed by atoms with E-state index in [-0.39, 0.29) is 0 Å². The quantitative estimate of drug-likeness (QED) is 0.755. The third-order valence-electron chi connectivity index (χ3n) is 2.86. The van der Waals surface area contributed by atoms with Gasteiger partial charge in [0.05, 0.1) is 6.61 Å². The molecule has 0 spiro atoms. The monoisotopic (exact) mass is 226 g/mol. The van der Waals surface area contributed by atoms with Gasteiger partial charge in [0.1, 0.15) is 5.75 Å². The number of hydrogen-bond donors (Lipinski definition) is 0. The molecule has 2 rings (SSSR count). The molecule has 1 heteroatoms. The number of ether oxygens (including phenoxy) is 1. The number of benzene rings is 2. The largest absolute Gasteiger partial charge is 0.494 e. The first-order chi connectivity index (χ1) is 8.20. The summed E-state index contributed by atoms with van der Waals surface area (Å²) in [4.78, 5) is 0. The van der Waals surface area contributed by atoms with Gasteiger partial charge in [0, 0.05) is 0 Å². The minimum absolute atomic E-state index is 0.711. The van der Waals surface area contributed by atoms with Gasteiger partial charge in [-0.2, -0.15) is 0 Å². The molecule has 0 aliphatic heterocycles. The summed E-state index contributed by atoms with van der Waals surface area (Å²) in [5.41, 5.74) is 5.15. The van der Waals surface area contributed by atoms with Crippen LogP contribution in [0.2, 0.25) is 0 Å². The molecular formula is C16H18O. The minimum atomic E-state index is 0.711. The highest BCUT2D eigenvalue weighted by Gasteiger charge is 2.02. The average molecular weight is 226 g/mol. The van der Waals surface area contributed by atoms with Crippen molar-refractivity contribution in [3.8, 4) is 16.9 Å². The molecule has 0 amide bonds. The van der Waals surface area contributed by atoms with Gasteiger partial charge in [0.15, 0.2) is 0 Å². The predicted molar refractivity (Wildman–Crippen MR) is 72.5 cm³/mol. The van der Waals surface area contributed by atoms with Crippen LogP contribution in [0.25, 0.3) is 11.1 Å². The fourth-order valence-electron chi connectivity index (χ4n) is 2.03. The van der Waals surface area contributed by atoms with E-state index >= 15 is 0 Å². The van der Waals surface area contributed by atoms with Crippen LogP contribution in [0.3, 0.4) is 0 Å². The molecule has 0 heterocycles. The number of rotatable bonds is 3. The van der Waals surface area contributed by atoms with Gasteiger partial charge in [-0.3, -0.25) is 0 Å². The molecule has 0 fully saturated rings. The van der Waals surface area contributed by atoms with Crippen molar-refractivity contribution in [1.82, 2.24) is 0 Å². The Labute approximate surface area is 103 Å². The van der Waals surface area contributed by atoms with Gasteiger partial charge >= 0.3 is 0 Å². The zero-order chi connectivity index (χ0) is 12.3. The van der Waals surface area contributed by atoms with Crippen LogP contribution in [0.15, 0.2) is 42.5 Å². The Morgan fingerprint density at radius 3 is 2.24 bits per heavy atom. The Bertz CT molecular complexity index is 497. The first-order valence-corrected chi connectivity index (χ1v) is 6.01. The maximum absolute atomic E-state index is 5.45. The van der Waals surface area contributed by atoms with E-state index in [1.165, 1.54) is 22.3 Å². The maximum atomic E-state index is 5.45. The second kappa shape index (κ2) is 5.05. The van der Waals surface area contributed by atoms with Crippen molar-refractivity contribution in [3.63, 3.8) is 0 Å². The van der Waals surface area contributed by atoms with Crippen molar-refractivity contribution >= 4 is 0 Å². The Morgan fingerprint density at radius 2 is 1.65 bits per heavy atom. The molecule has 0 saturated heterocycles. The van der Waals surface area contributed by atoms with Crippen LogP contribution >= 0.6 is 0 Å². The summed E-state index contributed by atoms with van der Waals surface area (Å²) >= 11 is 0. The van der Waals surface area contributed by atoms with Crippen LogP contribution in [0.5, 0.6) is 5.75 Å². The van der Waals surface area contributed by atoms with E-state index in [4.69, 9.17) is 4.74 Å². The summed E-state index contributed by atoms with van der Waals surface area (Å²) in [6.45, 7) is 6.98. The number of aryl methyl sites for hydroxylation is 2. The topological polar surface area (TPSA) is 9.23 Å². The van der Waals surface area contributed by atoms with Crippen molar-refractivity contribution in [1.29, 1.82) is 0 Å². The number of hydrogen-bond acceptors (Lipinski definition) is 1. The second-order valence-electron chi connectivity index (χ2n) is 4.28. The van der Waals surface area contributed by atoms with E-state index < -0.39 is 0 Å². The fraction of sp³-hybridized carbons (Fsp3) is 0.250. The van der Waals surface area contributed by atoms with Gasteiger partial charge in [-0.25, -0.2) is 0 Å². The molecule has 1 nitrogen and oxygen atoms in total. The molecule has 0 aliphatic rings. The summed E-state index contributed by atoms with van der Waals surface area (Å²) in [6.07, 6.45) is 0. The van der Waals surface area contributed by atoms with Gasteiger partial charge < -0.3 is 4.74 Å². The molecule has 17 heavy (non-hydrogen) atoms. The predicted octanol–water partition coefficient (Wildman–Crippen LogP) is 4.37. The molecular weight excluding hydrogens is 208 g/mol. The van der Waals surface area contributed by atoms with Crippen molar-refractivity contribution in [2.75, 3.05) is 6.61 Å². The first-order valence-electron chi connectivity index (χ1n) is 6.01. The first kappa shape index (κ1) is 11.7. The SMILES string of the molecule is CCOc1ccc(-c2ccc(C)cc2C)cc1. The maximum Gasteiger partial charge on any atom is 0.119 e. The summed E-state index contributed by atoms with van der Waals surface area (Å²) in [7, 11) is 0. The zero-order valence-corrected chi connectivity index (χ0v) is 10.7. The van der Waals surface area contributed by atoms with Crippen LogP contribution in [0.1, 0.15) is 18.1 Å². The van der Waals surface area contributed by atoms with Gasteiger partial charge in [-0.1, -0.05) is 35.9 Å². The highest BCUT2D eigenvalue weighted by atomic mass is 16.5. The van der Waals surface area contributed by atoms with Gasteiger partial charge in [0.25, 0.3) is 0 Å². The molecule has 0 radical (unpaired) electrons. The molecule has 0 unspecified atom stereocenters. The highest BCUT2D eigenvalue weighted by molar-refractivity contribution is 5.68. The third kappa shape index (κ3) is 2.68. The Kier molecular flexibility index (Phi) is 3.48. The lowest BCUT2D eigenvalue weighted by Gasteiger charge is -2.08. The standard InChI is InChI=1S/C16H18O/c1-4-17-15-8-6-14(7-9-15)16-10-5-12(2)11-13(16)3/h5-11H,4H2,1-3H3. The van der Waals surface area contributed by atoms with Gasteiger partial charge in [-0.15, -0.1) is 0 Å². The van der Waals surface area contributed by atoms with Crippen molar-refractivity contribution in [3.05, 3.63) is 53.6 Å². The van der Waals surface area contributed by atoms with Crippen LogP contribution in [0.4, 0.5) is 0 Å². The molecule has 0 atom stereocenters. The third-order valence-corrected chi connectivity index (χ3v) is 2.86. The van der Waals surface area contributed by atoms with Gasteiger partial charge in [-0.05, 0) is 49.6 Å². The average Bonchev–Trinajstić information content (AvgIpc) is 2.31. The molecule has 0 N–H and O–H groups in total. The van der Waals surface area contributed by atoms with E-state index in [0.717, 1.165) is 5.75 Å². The lowest BCUT2D eigenvalue weighted by molar-refractivity contribution is 0.340. The fourth-order valence-corrected chi connectivity index (χ4v) is 2.03. The Hall–Kier alpha value is -1.76. The summed E-state index contributed by atoms with van der Waals surface area (Å²) in [5, 5.41) is 0. The van der Waals surface area contributed by atoms with Crippen LogP contribution in [-0.2, 0) is 0 Å². The summed E-state index contributed by atoms with van der Waals surface area (Å²) in [6, 6.07) is 14.8. The summed E-state index contributed by atoms with van der Waals surface area (Å²) in [5.74, 6) is 0.931. The Morgan fingerprint density at radius 1 is 0.941 bits per heavy atom. The smallest absolute Gasteiger partial charge is 0.119 e. The van der Waals surface area contributed by atoms with E-state index in [9.17, 15) is 0 Å². The zero-order valence-electron chi connectivity index (χ0n) is 10.7. The van der Waals surface area contributed by atoms with Crippen molar-refractivity contribution < 1.29 is 4.74 Å². The second-order valence-corrected chi connectivity index (χ2v) is 4.28. The summed E-state index contributed by atoms with van der Waals surface area (Å²) < 4.78 is 5.45. The molecule has 2 aromatic rings. The highest BCUT2D eigenvalue weighted by Crippen LogP contribution is 2.26. The normalized spacial score (nSPS) is 10.3. The van der Waals surface area contributed by atoms with Gasteiger partial charge in [0.2, 0.25) is 0 Å². The minimum Gasteiger partial charge on any atom is -0.494 e. The van der Waals surface area contributed by atoms with Crippen LogP contribution in [0, 0.1) is 13.8 Å². The van der Waals surface area contributed by atoms with Crippen LogP contribution in [-0.4, -0.2) is 6.61 Å². The van der Waals surface area contributed by atoms with Crippen LogP contribution < -0.4 is 4.74 Å².